The van der Waals surface area contributed by atoms with Gasteiger partial charge in [0.15, 0.2) is 4.34 Å². The summed E-state index contributed by atoms with van der Waals surface area (Å²) < 4.78 is 5.91. The molecule has 2 rings (SSSR count). The van der Waals surface area contributed by atoms with Crippen LogP contribution in [0, 0.1) is 11.3 Å². The third kappa shape index (κ3) is 7.17. The average Bonchev–Trinajstić information content (AvgIpc) is 3.06. The molecule has 0 atom stereocenters. The third-order valence-electron chi connectivity index (χ3n) is 3.18. The van der Waals surface area contributed by atoms with Crippen molar-refractivity contribution < 1.29 is 14.3 Å². The number of amides is 2. The number of benzene rings is 1. The Balaban J connectivity index is 1.82. The third-order valence-corrected chi connectivity index (χ3v) is 5.23. The highest BCUT2D eigenvalue weighted by atomic mass is 32.2. The molecule has 0 saturated heterocycles. The van der Waals surface area contributed by atoms with Crippen LogP contribution in [0.15, 0.2) is 28.6 Å². The summed E-state index contributed by atoms with van der Waals surface area (Å²) >= 11 is 2.74. The number of aromatic nitrogens is 2. The first-order valence-corrected chi connectivity index (χ1v) is 10.2. The smallest absolute Gasteiger partial charge is 0.410 e. The summed E-state index contributed by atoms with van der Waals surface area (Å²) in [7, 11) is 1.49. The van der Waals surface area contributed by atoms with Crippen LogP contribution in [0.1, 0.15) is 31.9 Å². The maximum absolute atomic E-state index is 12.1. The van der Waals surface area contributed by atoms with E-state index >= 15 is 0 Å². The zero-order chi connectivity index (χ0) is 20.7. The Bertz CT molecular complexity index is 869. The molecule has 148 valence electrons. The summed E-state index contributed by atoms with van der Waals surface area (Å²) in [6.07, 6.45) is -0.571. The molecule has 0 aliphatic carbocycles. The van der Waals surface area contributed by atoms with Gasteiger partial charge >= 0.3 is 6.09 Å². The monoisotopic (exact) mass is 419 g/mol. The lowest BCUT2D eigenvalue weighted by atomic mass is 10.2. The van der Waals surface area contributed by atoms with Crippen molar-refractivity contribution in [3.05, 3.63) is 35.4 Å². The van der Waals surface area contributed by atoms with Gasteiger partial charge in [0.25, 0.3) is 0 Å². The lowest BCUT2D eigenvalue weighted by Crippen LogP contribution is -2.38. The number of nitrogens with one attached hydrogen (secondary N) is 1. The Hall–Kier alpha value is -2.64. The first-order chi connectivity index (χ1) is 13.2. The highest BCUT2D eigenvalue weighted by Crippen LogP contribution is 2.28. The van der Waals surface area contributed by atoms with Gasteiger partial charge in [0.2, 0.25) is 11.0 Å². The maximum Gasteiger partial charge on any atom is 0.410 e. The van der Waals surface area contributed by atoms with Crippen LogP contribution in [0.2, 0.25) is 0 Å². The van der Waals surface area contributed by atoms with Gasteiger partial charge in [-0.3, -0.25) is 10.1 Å². The van der Waals surface area contributed by atoms with Gasteiger partial charge in [-0.2, -0.15) is 5.26 Å². The number of carbonyl (C=O) groups excluding carboxylic acids is 2. The molecular weight excluding hydrogens is 398 g/mol. The fraction of sp³-hybridized carbons (Fsp3) is 0.389. The van der Waals surface area contributed by atoms with E-state index in [1.807, 2.05) is 12.1 Å². The first kappa shape index (κ1) is 21.7. The average molecular weight is 420 g/mol. The molecule has 8 nitrogen and oxygen atoms in total. The fourth-order valence-electron chi connectivity index (χ4n) is 1.92. The number of hydrogen-bond donors (Lipinski definition) is 1. The molecule has 1 heterocycles. The Labute approximate surface area is 171 Å². The highest BCUT2D eigenvalue weighted by Gasteiger charge is 2.21. The van der Waals surface area contributed by atoms with E-state index in [0.717, 1.165) is 5.56 Å². The lowest BCUT2D eigenvalue weighted by Gasteiger charge is -2.24. The summed E-state index contributed by atoms with van der Waals surface area (Å²) in [5, 5.41) is 19.8. The van der Waals surface area contributed by atoms with E-state index in [1.54, 1.807) is 32.9 Å². The molecule has 0 bridgehead atoms. The quantitative estimate of drug-likeness (QED) is 0.564. The van der Waals surface area contributed by atoms with Gasteiger partial charge in [0, 0.05) is 12.8 Å². The van der Waals surface area contributed by atoms with Gasteiger partial charge in [-0.05, 0) is 38.5 Å². The normalized spacial score (nSPS) is 10.8. The summed E-state index contributed by atoms with van der Waals surface area (Å²) in [6.45, 7) is 5.13. The molecule has 0 unspecified atom stereocenters. The first-order valence-electron chi connectivity index (χ1n) is 8.35. The summed E-state index contributed by atoms with van der Waals surface area (Å²) in [4.78, 5) is 25.2. The number of nitrogens with zero attached hydrogens (tertiary/aromatic N) is 4. The van der Waals surface area contributed by atoms with Crippen LogP contribution in [0.25, 0.3) is 0 Å². The maximum atomic E-state index is 12.1. The van der Waals surface area contributed by atoms with Crippen molar-refractivity contribution in [1.82, 2.24) is 15.1 Å². The molecule has 0 radical (unpaired) electrons. The molecule has 0 aliphatic heterocycles. The summed E-state index contributed by atoms with van der Waals surface area (Å²) in [5.74, 6) is 0.295. The number of ether oxygens (including phenoxy) is 1. The highest BCUT2D eigenvalue weighted by molar-refractivity contribution is 8.00. The number of hydrogen-bond acceptors (Lipinski definition) is 8. The number of nitriles is 1. The SMILES string of the molecule is CN(CC(=O)Nc1nnc(SCc2ccc(C#N)cc2)s1)C(=O)OC(C)(C)C. The number of rotatable bonds is 6. The van der Waals surface area contributed by atoms with E-state index in [-0.39, 0.29) is 12.5 Å². The van der Waals surface area contributed by atoms with Crippen molar-refractivity contribution in [2.45, 2.75) is 36.5 Å². The Kier molecular flexibility index (Phi) is 7.37. The van der Waals surface area contributed by atoms with E-state index < -0.39 is 11.7 Å². The molecule has 1 N–H and O–H groups in total. The summed E-state index contributed by atoms with van der Waals surface area (Å²) in [5.41, 5.74) is 1.05. The van der Waals surface area contributed by atoms with Gasteiger partial charge in [-0.25, -0.2) is 4.79 Å². The van der Waals surface area contributed by atoms with Crippen LogP contribution in [0.5, 0.6) is 0 Å². The second-order valence-electron chi connectivity index (χ2n) is 6.86. The molecule has 0 fully saturated rings. The number of carbonyl (C=O) groups is 2. The van der Waals surface area contributed by atoms with E-state index in [2.05, 4.69) is 21.6 Å². The Morgan fingerprint density at radius 3 is 2.57 bits per heavy atom. The predicted octanol–water partition coefficient (Wildman–Crippen LogP) is 3.51. The van der Waals surface area contributed by atoms with Gasteiger partial charge in [-0.1, -0.05) is 35.2 Å². The molecule has 1 aromatic carbocycles. The van der Waals surface area contributed by atoms with Gasteiger partial charge in [-0.15, -0.1) is 10.2 Å². The van der Waals surface area contributed by atoms with Crippen molar-refractivity contribution in [3.63, 3.8) is 0 Å². The molecule has 1 aromatic heterocycles. The van der Waals surface area contributed by atoms with Crippen molar-refractivity contribution in [3.8, 4) is 6.07 Å². The van der Waals surface area contributed by atoms with Gasteiger partial charge < -0.3 is 9.64 Å². The lowest BCUT2D eigenvalue weighted by molar-refractivity contribution is -0.117. The molecule has 10 heteroatoms. The molecule has 2 amide bonds. The van der Waals surface area contributed by atoms with Crippen LogP contribution >= 0.6 is 23.1 Å². The minimum atomic E-state index is -0.623. The van der Waals surface area contributed by atoms with Crippen molar-refractivity contribution in [1.29, 1.82) is 5.26 Å². The van der Waals surface area contributed by atoms with Gasteiger partial charge in [0.1, 0.15) is 12.1 Å². The van der Waals surface area contributed by atoms with E-state index in [0.29, 0.717) is 20.8 Å². The number of anilines is 1. The van der Waals surface area contributed by atoms with Crippen LogP contribution in [-0.4, -0.2) is 46.3 Å². The minimum absolute atomic E-state index is 0.151. The fourth-order valence-corrected chi connectivity index (χ4v) is 3.64. The largest absolute Gasteiger partial charge is 0.444 e. The van der Waals surface area contributed by atoms with Crippen molar-refractivity contribution >= 4 is 40.2 Å². The molecule has 2 aromatic rings. The molecule has 0 saturated carbocycles. The zero-order valence-electron chi connectivity index (χ0n) is 16.1. The van der Waals surface area contributed by atoms with Crippen molar-refractivity contribution in [2.24, 2.45) is 0 Å². The van der Waals surface area contributed by atoms with Crippen LogP contribution in [0.4, 0.5) is 9.93 Å². The minimum Gasteiger partial charge on any atom is -0.444 e. The van der Waals surface area contributed by atoms with Crippen LogP contribution in [-0.2, 0) is 15.3 Å². The van der Waals surface area contributed by atoms with Gasteiger partial charge in [0.05, 0.1) is 11.6 Å². The molecule has 0 aliphatic rings. The molecule has 28 heavy (non-hydrogen) atoms. The Morgan fingerprint density at radius 2 is 1.96 bits per heavy atom. The van der Waals surface area contributed by atoms with Crippen LogP contribution < -0.4 is 5.32 Å². The molecule has 0 spiro atoms. The zero-order valence-corrected chi connectivity index (χ0v) is 17.7. The second kappa shape index (κ2) is 9.52. The number of likely N-dealkylation sites (N-methyl/N-ethyl adjacent to an activating group) is 1. The topological polar surface area (TPSA) is 108 Å². The second-order valence-corrected chi connectivity index (χ2v) is 9.06. The van der Waals surface area contributed by atoms with Crippen LogP contribution in [0.3, 0.4) is 0 Å². The van der Waals surface area contributed by atoms with E-state index in [4.69, 9.17) is 10.00 Å². The van der Waals surface area contributed by atoms with Crippen molar-refractivity contribution in [2.75, 3.05) is 18.9 Å². The summed E-state index contributed by atoms with van der Waals surface area (Å²) in [6, 6.07) is 9.40. The predicted molar refractivity (Wildman–Crippen MR) is 108 cm³/mol. The van der Waals surface area contributed by atoms with E-state index in [1.165, 1.54) is 35.0 Å². The standard InChI is InChI=1S/C18H21N5O3S2/c1-18(2,3)26-17(25)23(4)10-14(24)20-15-21-22-16(28-15)27-11-13-7-5-12(9-19)6-8-13/h5-8H,10-11H2,1-4H3,(H,20,21,24). The number of thioether (sulfide) groups is 1. The van der Waals surface area contributed by atoms with E-state index in [9.17, 15) is 9.59 Å². The Morgan fingerprint density at radius 1 is 1.29 bits per heavy atom. The molecular formula is C18H21N5O3S2.